The van der Waals surface area contributed by atoms with Crippen molar-refractivity contribution in [3.8, 4) is 0 Å². The first-order valence-electron chi connectivity index (χ1n) is 5.96. The number of aliphatic carboxylic acids is 1. The third kappa shape index (κ3) is 6.05. The van der Waals surface area contributed by atoms with Crippen molar-refractivity contribution in [1.82, 2.24) is 4.90 Å². The fourth-order valence-electron chi connectivity index (χ4n) is 1.78. The number of carbonyl (C=O) groups excluding carboxylic acids is 1. The van der Waals surface area contributed by atoms with Gasteiger partial charge < -0.3 is 10.0 Å². The van der Waals surface area contributed by atoms with Crippen molar-refractivity contribution >= 4 is 27.8 Å². The quantitative estimate of drug-likeness (QED) is 0.554. The van der Waals surface area contributed by atoms with E-state index < -0.39 is 12.0 Å². The predicted molar refractivity (Wildman–Crippen MR) is 71.3 cm³/mol. The maximum atomic E-state index is 11.8. The van der Waals surface area contributed by atoms with Crippen molar-refractivity contribution in [2.24, 2.45) is 5.92 Å². The Morgan fingerprint density at radius 1 is 1.24 bits per heavy atom. The summed E-state index contributed by atoms with van der Waals surface area (Å²) in [5.74, 6) is -1.10. The van der Waals surface area contributed by atoms with Crippen LogP contribution >= 0.6 is 15.9 Å². The molecule has 0 saturated heterocycles. The molecule has 0 heterocycles. The van der Waals surface area contributed by atoms with Gasteiger partial charge in [-0.1, -0.05) is 36.2 Å². The molecule has 100 valence electrons. The van der Waals surface area contributed by atoms with Gasteiger partial charge in [0.1, 0.15) is 6.04 Å². The summed E-state index contributed by atoms with van der Waals surface area (Å²) in [6.45, 7) is 3.63. The van der Waals surface area contributed by atoms with Crippen LogP contribution in [0.4, 0.5) is 0 Å². The van der Waals surface area contributed by atoms with Crippen molar-refractivity contribution in [3.63, 3.8) is 0 Å². The molecule has 0 bridgehead atoms. The lowest BCUT2D eigenvalue weighted by Gasteiger charge is -2.27. The molecule has 1 atom stereocenters. The number of carboxylic acid groups (broad SMARTS) is 1. The Bertz CT molecular complexity index is 256. The topological polar surface area (TPSA) is 57.6 Å². The molecule has 0 radical (unpaired) electrons. The zero-order chi connectivity index (χ0) is 13.4. The molecule has 0 aromatic carbocycles. The summed E-state index contributed by atoms with van der Waals surface area (Å²) >= 11 is 3.33. The lowest BCUT2D eigenvalue weighted by atomic mass is 10.0. The van der Waals surface area contributed by atoms with E-state index in [0.29, 0.717) is 6.42 Å². The Balaban J connectivity index is 4.22. The summed E-state index contributed by atoms with van der Waals surface area (Å²) in [6.07, 6.45) is 3.28. The van der Waals surface area contributed by atoms with E-state index in [9.17, 15) is 9.59 Å². The number of amides is 1. The van der Waals surface area contributed by atoms with Crippen LogP contribution in [0.2, 0.25) is 0 Å². The Morgan fingerprint density at radius 2 is 1.82 bits per heavy atom. The third-order valence-electron chi connectivity index (χ3n) is 2.72. The SMILES string of the molecule is CC(C)[C@@H](C(=O)O)N(C)C(=O)CCCCCBr. The highest BCUT2D eigenvalue weighted by atomic mass is 79.9. The molecule has 0 rings (SSSR count). The highest BCUT2D eigenvalue weighted by Crippen LogP contribution is 2.12. The summed E-state index contributed by atoms with van der Waals surface area (Å²) in [6, 6.07) is -0.723. The number of alkyl halides is 1. The molecule has 1 amide bonds. The van der Waals surface area contributed by atoms with Gasteiger partial charge in [0, 0.05) is 18.8 Å². The number of likely N-dealkylation sites (N-methyl/N-ethyl adjacent to an activating group) is 1. The summed E-state index contributed by atoms with van der Waals surface area (Å²) in [5.41, 5.74) is 0. The number of rotatable bonds is 8. The van der Waals surface area contributed by atoms with Gasteiger partial charge in [0.25, 0.3) is 0 Å². The minimum atomic E-state index is -0.934. The van der Waals surface area contributed by atoms with Crippen molar-refractivity contribution < 1.29 is 14.7 Å². The smallest absolute Gasteiger partial charge is 0.326 e. The Morgan fingerprint density at radius 3 is 2.24 bits per heavy atom. The van der Waals surface area contributed by atoms with Gasteiger partial charge in [-0.2, -0.15) is 0 Å². The van der Waals surface area contributed by atoms with E-state index in [2.05, 4.69) is 15.9 Å². The van der Waals surface area contributed by atoms with Crippen molar-refractivity contribution in [3.05, 3.63) is 0 Å². The second kappa shape index (κ2) is 8.50. The zero-order valence-corrected chi connectivity index (χ0v) is 12.4. The number of carboxylic acids is 1. The Labute approximate surface area is 111 Å². The summed E-state index contributed by atoms with van der Waals surface area (Å²) in [7, 11) is 1.58. The van der Waals surface area contributed by atoms with Gasteiger partial charge in [-0.25, -0.2) is 4.79 Å². The van der Waals surface area contributed by atoms with E-state index >= 15 is 0 Å². The second-order valence-corrected chi connectivity index (χ2v) is 5.32. The van der Waals surface area contributed by atoms with Gasteiger partial charge in [0.15, 0.2) is 0 Å². The van der Waals surface area contributed by atoms with Crippen LogP contribution in [0.1, 0.15) is 39.5 Å². The number of carbonyl (C=O) groups is 2. The molecule has 0 aromatic heterocycles. The van der Waals surface area contributed by atoms with Crippen LogP contribution in [0.5, 0.6) is 0 Å². The maximum absolute atomic E-state index is 11.8. The van der Waals surface area contributed by atoms with Crippen LogP contribution in [-0.4, -0.2) is 40.3 Å². The van der Waals surface area contributed by atoms with Crippen molar-refractivity contribution in [2.45, 2.75) is 45.6 Å². The van der Waals surface area contributed by atoms with Crippen LogP contribution < -0.4 is 0 Å². The van der Waals surface area contributed by atoms with Crippen molar-refractivity contribution in [1.29, 1.82) is 0 Å². The van der Waals surface area contributed by atoms with Crippen molar-refractivity contribution in [2.75, 3.05) is 12.4 Å². The number of halogens is 1. The number of unbranched alkanes of at least 4 members (excludes halogenated alkanes) is 2. The second-order valence-electron chi connectivity index (χ2n) is 4.53. The largest absolute Gasteiger partial charge is 0.480 e. The fraction of sp³-hybridized carbons (Fsp3) is 0.833. The van der Waals surface area contributed by atoms with Gasteiger partial charge in [-0.3, -0.25) is 4.79 Å². The van der Waals surface area contributed by atoms with Crippen LogP contribution in [0.25, 0.3) is 0 Å². The zero-order valence-electron chi connectivity index (χ0n) is 10.8. The lowest BCUT2D eigenvalue weighted by molar-refractivity contribution is -0.151. The molecule has 0 aliphatic heterocycles. The van der Waals surface area contributed by atoms with E-state index in [1.54, 1.807) is 7.05 Å². The van der Waals surface area contributed by atoms with Gasteiger partial charge in [-0.15, -0.1) is 0 Å². The highest BCUT2D eigenvalue weighted by molar-refractivity contribution is 9.09. The van der Waals surface area contributed by atoms with Crippen LogP contribution in [0, 0.1) is 5.92 Å². The molecule has 5 heteroatoms. The van der Waals surface area contributed by atoms with E-state index in [1.807, 2.05) is 13.8 Å². The van der Waals surface area contributed by atoms with E-state index in [0.717, 1.165) is 24.6 Å². The first-order chi connectivity index (χ1) is 7.91. The molecule has 0 aliphatic carbocycles. The van der Waals surface area contributed by atoms with E-state index in [4.69, 9.17) is 5.11 Å². The average molecular weight is 308 g/mol. The first-order valence-corrected chi connectivity index (χ1v) is 7.08. The minimum Gasteiger partial charge on any atom is -0.480 e. The normalized spacial score (nSPS) is 12.5. The molecular formula is C12H22BrNO3. The molecule has 4 nitrogen and oxygen atoms in total. The fourth-order valence-corrected chi connectivity index (χ4v) is 2.17. The minimum absolute atomic E-state index is 0.0796. The molecule has 1 N–H and O–H groups in total. The monoisotopic (exact) mass is 307 g/mol. The van der Waals surface area contributed by atoms with Crippen LogP contribution in [-0.2, 0) is 9.59 Å². The molecule has 0 spiro atoms. The van der Waals surface area contributed by atoms with Gasteiger partial charge in [0.2, 0.25) is 5.91 Å². The summed E-state index contributed by atoms with van der Waals surface area (Å²) in [4.78, 5) is 24.2. The van der Waals surface area contributed by atoms with Crippen LogP contribution in [0.15, 0.2) is 0 Å². The van der Waals surface area contributed by atoms with Gasteiger partial charge in [-0.05, 0) is 18.8 Å². The summed E-state index contributed by atoms with van der Waals surface area (Å²) in [5, 5.41) is 10.0. The molecule has 0 aromatic rings. The number of hydrogen-bond donors (Lipinski definition) is 1. The number of hydrogen-bond acceptors (Lipinski definition) is 2. The molecule has 0 unspecified atom stereocenters. The predicted octanol–water partition coefficient (Wildman–Crippen LogP) is 2.51. The standard InChI is InChI=1S/C12H22BrNO3/c1-9(2)11(12(16)17)14(3)10(15)7-5-4-6-8-13/h9,11H,4-8H2,1-3H3,(H,16,17)/t11-/m0/s1. The maximum Gasteiger partial charge on any atom is 0.326 e. The summed E-state index contributed by atoms with van der Waals surface area (Å²) < 4.78 is 0. The lowest BCUT2D eigenvalue weighted by Crippen LogP contribution is -2.45. The Kier molecular flexibility index (Phi) is 8.21. The molecular weight excluding hydrogens is 286 g/mol. The molecule has 17 heavy (non-hydrogen) atoms. The Hall–Kier alpha value is -0.580. The number of nitrogens with zero attached hydrogens (tertiary/aromatic N) is 1. The van der Waals surface area contributed by atoms with E-state index in [1.165, 1.54) is 4.90 Å². The third-order valence-corrected chi connectivity index (χ3v) is 3.28. The average Bonchev–Trinajstić information content (AvgIpc) is 2.22. The first kappa shape index (κ1) is 16.4. The van der Waals surface area contributed by atoms with Gasteiger partial charge >= 0.3 is 5.97 Å². The van der Waals surface area contributed by atoms with Crippen LogP contribution in [0.3, 0.4) is 0 Å². The van der Waals surface area contributed by atoms with Gasteiger partial charge in [0.05, 0.1) is 0 Å². The molecule has 0 aliphatic rings. The molecule has 0 saturated carbocycles. The molecule has 0 fully saturated rings. The highest BCUT2D eigenvalue weighted by Gasteiger charge is 2.28. The van der Waals surface area contributed by atoms with E-state index in [-0.39, 0.29) is 11.8 Å².